The third-order valence-electron chi connectivity index (χ3n) is 1.72. The van der Waals surface area contributed by atoms with E-state index < -0.39 is 7.54 Å². The molecule has 0 bridgehead atoms. The molecule has 0 radical (unpaired) electrons. The van der Waals surface area contributed by atoms with E-state index in [9.17, 15) is 12.9 Å². The minimum atomic E-state index is -3.67. The standard InChI is InChI=1S/C7H13.BF3.BrH.Cu.HI.Mg/c1-7-5-3-2-4-6-7;2-1(3)4;;;;/h7H,1-6H2;;1H;;1H;/q-1;;;+1;;+2/p-2. The maximum Gasteiger partial charge on any atom is 2.00 e. The Morgan fingerprint density at radius 2 is 1.27 bits per heavy atom. The van der Waals surface area contributed by atoms with Gasteiger partial charge in [0.15, 0.2) is 0 Å². The van der Waals surface area contributed by atoms with Gasteiger partial charge in [-0.25, -0.2) is 0 Å². The quantitative estimate of drug-likeness (QED) is 0.205. The van der Waals surface area contributed by atoms with Crippen molar-refractivity contribution in [1.29, 1.82) is 0 Å². The summed E-state index contributed by atoms with van der Waals surface area (Å²) in [6.45, 7) is 4.00. The fourth-order valence-corrected chi connectivity index (χ4v) is 1.19. The van der Waals surface area contributed by atoms with Crippen molar-refractivity contribution in [2.75, 3.05) is 0 Å². The van der Waals surface area contributed by atoms with Gasteiger partial charge >= 0.3 is 47.7 Å². The van der Waals surface area contributed by atoms with Crippen molar-refractivity contribution in [3.05, 3.63) is 6.92 Å². The molecule has 0 saturated heterocycles. The summed E-state index contributed by atoms with van der Waals surface area (Å²) in [5, 5.41) is 0. The molecule has 1 fully saturated rings. The summed E-state index contributed by atoms with van der Waals surface area (Å²) in [7, 11) is -3.67. The summed E-state index contributed by atoms with van der Waals surface area (Å²) >= 11 is 0. The Hall–Kier alpha value is 2.35. The zero-order chi connectivity index (χ0) is 8.69. The van der Waals surface area contributed by atoms with E-state index in [0.29, 0.717) is 0 Å². The second-order valence-corrected chi connectivity index (χ2v) is 2.75. The molecule has 0 aromatic rings. The Kier molecular flexibility index (Phi) is 43.8. The second-order valence-electron chi connectivity index (χ2n) is 2.75. The predicted octanol–water partition coefficient (Wildman–Crippen LogP) is -3.09. The molecule has 0 aliphatic heterocycles. The van der Waals surface area contributed by atoms with Crippen molar-refractivity contribution in [1.82, 2.24) is 0 Å². The third-order valence-corrected chi connectivity index (χ3v) is 1.72. The molecule has 0 N–H and O–H groups in total. The SMILES string of the molecule is FB(F)F.[Br-].[CH2-]C1CCCCC1.[Cu+].[I-].[Mg+2]. The summed E-state index contributed by atoms with van der Waals surface area (Å²) in [6, 6.07) is 0. The van der Waals surface area contributed by atoms with E-state index in [2.05, 4.69) is 6.92 Å². The Bertz CT molecular complexity index is 99.5. The van der Waals surface area contributed by atoms with E-state index in [4.69, 9.17) is 0 Å². The van der Waals surface area contributed by atoms with Gasteiger partial charge in [-0.15, -0.1) is 0 Å². The zero-order valence-electron chi connectivity index (χ0n) is 8.30. The van der Waals surface area contributed by atoms with Crippen LogP contribution in [0.1, 0.15) is 32.1 Å². The van der Waals surface area contributed by atoms with Gasteiger partial charge in [0.05, 0.1) is 0 Å². The van der Waals surface area contributed by atoms with Crippen molar-refractivity contribution < 1.29 is 71.0 Å². The molecule has 0 aromatic carbocycles. The van der Waals surface area contributed by atoms with Crippen LogP contribution >= 0.6 is 0 Å². The Morgan fingerprint density at radius 3 is 1.40 bits per heavy atom. The second kappa shape index (κ2) is 21.6. The average Bonchev–Trinajstić information content (AvgIpc) is 1.87. The minimum Gasteiger partial charge on any atom is -1.00 e. The molecule has 15 heavy (non-hydrogen) atoms. The molecular formula is C7H13BBrCuF3IMg. The Morgan fingerprint density at radius 1 is 1.00 bits per heavy atom. The van der Waals surface area contributed by atoms with Crippen LogP contribution in [0.2, 0.25) is 0 Å². The first-order valence-corrected chi connectivity index (χ1v) is 3.88. The van der Waals surface area contributed by atoms with E-state index in [0.717, 1.165) is 5.92 Å². The number of rotatable bonds is 0. The van der Waals surface area contributed by atoms with Crippen LogP contribution in [0.25, 0.3) is 0 Å². The fourth-order valence-electron chi connectivity index (χ4n) is 1.19. The van der Waals surface area contributed by atoms with Gasteiger partial charge in [0.2, 0.25) is 0 Å². The largest absolute Gasteiger partial charge is 2.00 e. The molecule has 0 aromatic heterocycles. The molecule has 1 aliphatic carbocycles. The molecule has 8 heteroatoms. The Labute approximate surface area is 145 Å². The molecule has 92 valence electrons. The van der Waals surface area contributed by atoms with Crippen LogP contribution in [0.3, 0.4) is 0 Å². The van der Waals surface area contributed by atoms with Crippen molar-refractivity contribution >= 4 is 30.6 Å². The van der Waals surface area contributed by atoms with Crippen molar-refractivity contribution in [2.24, 2.45) is 5.92 Å². The minimum absolute atomic E-state index is 0. The van der Waals surface area contributed by atoms with Crippen LogP contribution in [0.15, 0.2) is 0 Å². The summed E-state index contributed by atoms with van der Waals surface area (Å²) in [4.78, 5) is 0. The molecule has 0 heterocycles. The number of hydrogen-bond donors (Lipinski definition) is 0. The van der Waals surface area contributed by atoms with E-state index >= 15 is 0 Å². The van der Waals surface area contributed by atoms with E-state index in [-0.39, 0.29) is 81.1 Å². The summed E-state index contributed by atoms with van der Waals surface area (Å²) < 4.78 is 29.0. The maximum atomic E-state index is 9.67. The van der Waals surface area contributed by atoms with E-state index in [1.165, 1.54) is 32.1 Å². The molecule has 0 atom stereocenters. The smallest absolute Gasteiger partial charge is 1.00 e. The first kappa shape index (κ1) is 30.4. The van der Waals surface area contributed by atoms with Crippen LogP contribution in [-0.4, -0.2) is 30.6 Å². The first-order chi connectivity index (χ1) is 5.13. The van der Waals surface area contributed by atoms with Crippen LogP contribution in [-0.2, 0) is 17.1 Å². The molecule has 0 spiro atoms. The molecule has 1 rings (SSSR count). The summed E-state index contributed by atoms with van der Waals surface area (Å²) in [6.07, 6.45) is 7.05. The van der Waals surface area contributed by atoms with Gasteiger partial charge < -0.3 is 47.9 Å². The average molecular weight is 460 g/mol. The van der Waals surface area contributed by atoms with Crippen LogP contribution < -0.4 is 41.0 Å². The van der Waals surface area contributed by atoms with Crippen molar-refractivity contribution in [3.63, 3.8) is 0 Å². The van der Waals surface area contributed by atoms with E-state index in [1.54, 1.807) is 0 Å². The zero-order valence-corrected chi connectivity index (χ0v) is 14.4. The fraction of sp³-hybridized carbons (Fsp3) is 0.857. The summed E-state index contributed by atoms with van der Waals surface area (Å²) in [5.74, 6) is 0.786. The Balaban J connectivity index is -0.0000000383. The molecule has 1 saturated carbocycles. The van der Waals surface area contributed by atoms with Gasteiger partial charge in [-0.05, 0) is 0 Å². The molecule has 0 unspecified atom stereocenters. The van der Waals surface area contributed by atoms with Gasteiger partial charge in [-0.1, -0.05) is 32.1 Å². The van der Waals surface area contributed by atoms with Gasteiger partial charge in [-0.3, -0.25) is 12.9 Å². The monoisotopic (exact) mass is 458 g/mol. The van der Waals surface area contributed by atoms with Gasteiger partial charge in [0.1, 0.15) is 0 Å². The van der Waals surface area contributed by atoms with Gasteiger partial charge in [-0.2, -0.15) is 5.92 Å². The van der Waals surface area contributed by atoms with Crippen molar-refractivity contribution in [3.8, 4) is 0 Å². The van der Waals surface area contributed by atoms with Crippen LogP contribution in [0, 0.1) is 12.8 Å². The molecular weight excluding hydrogens is 447 g/mol. The van der Waals surface area contributed by atoms with Crippen LogP contribution in [0.4, 0.5) is 12.9 Å². The molecule has 1 aliphatic rings. The molecule has 0 nitrogen and oxygen atoms in total. The van der Waals surface area contributed by atoms with Gasteiger partial charge in [0.25, 0.3) is 0 Å². The van der Waals surface area contributed by atoms with E-state index in [1.807, 2.05) is 0 Å². The van der Waals surface area contributed by atoms with Crippen molar-refractivity contribution in [2.45, 2.75) is 32.1 Å². The molecule has 0 amide bonds. The van der Waals surface area contributed by atoms with Crippen LogP contribution in [0.5, 0.6) is 0 Å². The first-order valence-electron chi connectivity index (χ1n) is 3.88. The topological polar surface area (TPSA) is 0 Å². The number of hydrogen-bond acceptors (Lipinski definition) is 0. The third kappa shape index (κ3) is 31.4. The summed E-state index contributed by atoms with van der Waals surface area (Å²) in [5.41, 5.74) is 0. The van der Waals surface area contributed by atoms with Gasteiger partial charge in [0, 0.05) is 0 Å². The normalized spacial score (nSPS) is 13.6. The predicted molar refractivity (Wildman–Crippen MR) is 46.8 cm³/mol. The maximum absolute atomic E-state index is 9.67. The number of halogens is 5.